The molecule has 0 radical (unpaired) electrons. The number of amides is 1. The molecule has 1 fully saturated rings. The minimum absolute atomic E-state index is 0.00121. The average molecular weight is 320 g/mol. The second-order valence-electron chi connectivity index (χ2n) is 6.56. The predicted molar refractivity (Wildman–Crippen MR) is 91.7 cm³/mol. The molecule has 0 saturated carbocycles. The summed E-state index contributed by atoms with van der Waals surface area (Å²) in [6.07, 6.45) is 2.16. The van der Waals surface area contributed by atoms with E-state index in [1.54, 1.807) is 0 Å². The standard InChI is InChI=1S/C18H28N2O3/c1-12(2)8-9-22-17-10-14(5-4-13(17)3)20-18(21)16-7-6-15(11-19)23-16/h4-5,10,12,15-16H,6-9,11,19H2,1-3H3,(H,20,21)/t15-,16+/m1/s1. The van der Waals surface area contributed by atoms with Gasteiger partial charge >= 0.3 is 0 Å². The maximum absolute atomic E-state index is 12.3. The van der Waals surface area contributed by atoms with E-state index in [0.29, 0.717) is 19.1 Å². The van der Waals surface area contributed by atoms with E-state index < -0.39 is 6.10 Å². The Kier molecular flexibility index (Phi) is 6.42. The van der Waals surface area contributed by atoms with Crippen LogP contribution in [0.1, 0.15) is 38.7 Å². The van der Waals surface area contributed by atoms with Gasteiger partial charge in [0.25, 0.3) is 5.91 Å². The lowest BCUT2D eigenvalue weighted by Crippen LogP contribution is -2.29. The molecule has 128 valence electrons. The third kappa shape index (κ3) is 5.22. The quantitative estimate of drug-likeness (QED) is 0.810. The Morgan fingerprint density at radius 1 is 1.43 bits per heavy atom. The van der Waals surface area contributed by atoms with Crippen molar-refractivity contribution in [3.63, 3.8) is 0 Å². The van der Waals surface area contributed by atoms with Gasteiger partial charge in [0.15, 0.2) is 0 Å². The maximum Gasteiger partial charge on any atom is 0.253 e. The van der Waals surface area contributed by atoms with Gasteiger partial charge < -0.3 is 20.5 Å². The van der Waals surface area contributed by atoms with Crippen LogP contribution in [0.5, 0.6) is 5.75 Å². The van der Waals surface area contributed by atoms with Crippen LogP contribution in [0.3, 0.4) is 0 Å². The van der Waals surface area contributed by atoms with Crippen molar-refractivity contribution < 1.29 is 14.3 Å². The number of carbonyl (C=O) groups is 1. The fourth-order valence-corrected chi connectivity index (χ4v) is 2.53. The van der Waals surface area contributed by atoms with Gasteiger partial charge in [-0.2, -0.15) is 0 Å². The van der Waals surface area contributed by atoms with E-state index in [2.05, 4.69) is 19.2 Å². The van der Waals surface area contributed by atoms with Gasteiger partial charge in [0.05, 0.1) is 12.7 Å². The van der Waals surface area contributed by atoms with Gasteiger partial charge in [0.2, 0.25) is 0 Å². The van der Waals surface area contributed by atoms with Crippen LogP contribution in [0.2, 0.25) is 0 Å². The Labute approximate surface area is 138 Å². The van der Waals surface area contributed by atoms with Crippen molar-refractivity contribution in [2.75, 3.05) is 18.5 Å². The summed E-state index contributed by atoms with van der Waals surface area (Å²) in [4.78, 5) is 12.3. The van der Waals surface area contributed by atoms with Crippen LogP contribution in [0.25, 0.3) is 0 Å². The van der Waals surface area contributed by atoms with Crippen LogP contribution in [-0.4, -0.2) is 31.3 Å². The van der Waals surface area contributed by atoms with Gasteiger partial charge in [-0.3, -0.25) is 4.79 Å². The molecular formula is C18H28N2O3. The summed E-state index contributed by atoms with van der Waals surface area (Å²) in [5.74, 6) is 1.31. The van der Waals surface area contributed by atoms with Crippen LogP contribution >= 0.6 is 0 Å². The molecule has 0 aliphatic carbocycles. The van der Waals surface area contributed by atoms with E-state index >= 15 is 0 Å². The van der Waals surface area contributed by atoms with Crippen molar-refractivity contribution in [3.8, 4) is 5.75 Å². The highest BCUT2D eigenvalue weighted by Crippen LogP contribution is 2.25. The Morgan fingerprint density at radius 2 is 2.22 bits per heavy atom. The molecule has 2 rings (SSSR count). The fourth-order valence-electron chi connectivity index (χ4n) is 2.53. The Balaban J connectivity index is 1.93. The molecule has 1 aliphatic heterocycles. The second kappa shape index (κ2) is 8.31. The number of nitrogens with two attached hydrogens (primary N) is 1. The lowest BCUT2D eigenvalue weighted by Gasteiger charge is -2.15. The first-order valence-corrected chi connectivity index (χ1v) is 8.39. The van der Waals surface area contributed by atoms with Crippen LogP contribution in [0.15, 0.2) is 18.2 Å². The smallest absolute Gasteiger partial charge is 0.253 e. The zero-order valence-corrected chi connectivity index (χ0v) is 14.3. The molecule has 1 amide bonds. The third-order valence-corrected chi connectivity index (χ3v) is 4.07. The number of rotatable bonds is 7. The van der Waals surface area contributed by atoms with Gasteiger partial charge in [0, 0.05) is 18.3 Å². The highest BCUT2D eigenvalue weighted by atomic mass is 16.5. The molecule has 3 N–H and O–H groups in total. The van der Waals surface area contributed by atoms with E-state index in [4.69, 9.17) is 15.2 Å². The molecule has 0 unspecified atom stereocenters. The third-order valence-electron chi connectivity index (χ3n) is 4.07. The van der Waals surface area contributed by atoms with Gasteiger partial charge in [-0.1, -0.05) is 19.9 Å². The normalized spacial score (nSPS) is 20.7. The molecule has 23 heavy (non-hydrogen) atoms. The topological polar surface area (TPSA) is 73.6 Å². The molecule has 0 aromatic heterocycles. The monoisotopic (exact) mass is 320 g/mol. The second-order valence-corrected chi connectivity index (χ2v) is 6.56. The zero-order chi connectivity index (χ0) is 16.8. The van der Waals surface area contributed by atoms with Crippen LogP contribution in [0, 0.1) is 12.8 Å². The molecule has 1 aromatic carbocycles. The van der Waals surface area contributed by atoms with E-state index in [1.807, 2.05) is 25.1 Å². The highest BCUT2D eigenvalue weighted by molar-refractivity contribution is 5.94. The van der Waals surface area contributed by atoms with Crippen LogP contribution < -0.4 is 15.8 Å². The first-order valence-electron chi connectivity index (χ1n) is 8.39. The minimum atomic E-state index is -0.407. The van der Waals surface area contributed by atoms with Crippen molar-refractivity contribution >= 4 is 11.6 Å². The lowest BCUT2D eigenvalue weighted by molar-refractivity contribution is -0.126. The van der Waals surface area contributed by atoms with E-state index in [0.717, 1.165) is 36.3 Å². The summed E-state index contributed by atoms with van der Waals surface area (Å²) >= 11 is 0. The Hall–Kier alpha value is -1.59. The molecular weight excluding hydrogens is 292 g/mol. The van der Waals surface area contributed by atoms with Gasteiger partial charge in [-0.05, 0) is 43.7 Å². The molecule has 0 bridgehead atoms. The van der Waals surface area contributed by atoms with Crippen molar-refractivity contribution in [1.82, 2.24) is 0 Å². The SMILES string of the molecule is Cc1ccc(NC(=O)[C@@H]2CC[C@H](CN)O2)cc1OCCC(C)C. The summed E-state index contributed by atoms with van der Waals surface area (Å²) < 4.78 is 11.5. The number of benzene rings is 1. The predicted octanol–water partition coefficient (Wildman–Crippen LogP) is 2.86. The molecule has 2 atom stereocenters. The summed E-state index contributed by atoms with van der Waals surface area (Å²) in [6, 6.07) is 5.72. The highest BCUT2D eigenvalue weighted by Gasteiger charge is 2.29. The summed E-state index contributed by atoms with van der Waals surface area (Å²) in [5.41, 5.74) is 7.38. The molecule has 1 aliphatic rings. The van der Waals surface area contributed by atoms with Gasteiger partial charge in [0.1, 0.15) is 11.9 Å². The Morgan fingerprint density at radius 3 is 2.87 bits per heavy atom. The number of carbonyl (C=O) groups excluding carboxylic acids is 1. The molecule has 5 nitrogen and oxygen atoms in total. The number of hydrogen-bond acceptors (Lipinski definition) is 4. The van der Waals surface area contributed by atoms with Crippen molar-refractivity contribution in [2.24, 2.45) is 11.7 Å². The van der Waals surface area contributed by atoms with Crippen molar-refractivity contribution in [1.29, 1.82) is 0 Å². The van der Waals surface area contributed by atoms with E-state index in [-0.39, 0.29) is 12.0 Å². The number of nitrogens with one attached hydrogen (secondary N) is 1. The average Bonchev–Trinajstić information content (AvgIpc) is 2.99. The fraction of sp³-hybridized carbons (Fsp3) is 0.611. The number of aryl methyl sites for hydroxylation is 1. The van der Waals surface area contributed by atoms with Gasteiger partial charge in [-0.15, -0.1) is 0 Å². The van der Waals surface area contributed by atoms with Crippen LogP contribution in [-0.2, 0) is 9.53 Å². The van der Waals surface area contributed by atoms with E-state index in [1.165, 1.54) is 0 Å². The first kappa shape index (κ1) is 17.8. The Bertz CT molecular complexity index is 531. The van der Waals surface area contributed by atoms with Crippen LogP contribution in [0.4, 0.5) is 5.69 Å². The minimum Gasteiger partial charge on any atom is -0.493 e. The first-order chi connectivity index (χ1) is 11.0. The van der Waals surface area contributed by atoms with E-state index in [9.17, 15) is 4.79 Å². The molecule has 1 heterocycles. The zero-order valence-electron chi connectivity index (χ0n) is 14.3. The molecule has 5 heteroatoms. The lowest BCUT2D eigenvalue weighted by atomic mass is 10.1. The molecule has 1 aromatic rings. The van der Waals surface area contributed by atoms with Gasteiger partial charge in [-0.25, -0.2) is 0 Å². The largest absolute Gasteiger partial charge is 0.493 e. The maximum atomic E-state index is 12.3. The number of ether oxygens (including phenoxy) is 2. The van der Waals surface area contributed by atoms with Crippen molar-refractivity contribution in [3.05, 3.63) is 23.8 Å². The summed E-state index contributed by atoms with van der Waals surface area (Å²) in [7, 11) is 0. The summed E-state index contributed by atoms with van der Waals surface area (Å²) in [5, 5.41) is 2.91. The molecule has 0 spiro atoms. The summed E-state index contributed by atoms with van der Waals surface area (Å²) in [6.45, 7) is 7.48. The number of hydrogen-bond donors (Lipinski definition) is 2. The number of anilines is 1. The molecule has 1 saturated heterocycles. The van der Waals surface area contributed by atoms with Crippen molar-refractivity contribution in [2.45, 2.75) is 52.2 Å².